The van der Waals surface area contributed by atoms with E-state index in [1.165, 1.54) is 0 Å². The zero-order chi connectivity index (χ0) is 17.9. The van der Waals surface area contributed by atoms with E-state index >= 15 is 0 Å². The minimum absolute atomic E-state index is 0.315. The lowest BCUT2D eigenvalue weighted by Crippen LogP contribution is -2.48. The van der Waals surface area contributed by atoms with E-state index in [0.29, 0.717) is 24.0 Å². The molecule has 0 spiro atoms. The molecule has 138 valence electrons. The summed E-state index contributed by atoms with van der Waals surface area (Å²) in [5.41, 5.74) is 0. The molecule has 1 atom stereocenters. The van der Waals surface area contributed by atoms with Crippen LogP contribution >= 0.6 is 11.3 Å². The van der Waals surface area contributed by atoms with Gasteiger partial charge in [-0.15, -0.1) is 11.3 Å². The van der Waals surface area contributed by atoms with Crippen molar-refractivity contribution in [3.8, 4) is 0 Å². The van der Waals surface area contributed by atoms with Gasteiger partial charge in [0.05, 0.1) is 4.90 Å². The summed E-state index contributed by atoms with van der Waals surface area (Å²) in [5, 5.41) is 0. The molecule has 5 nitrogen and oxygen atoms in total. The highest BCUT2D eigenvalue weighted by Gasteiger charge is 2.33. The number of likely N-dealkylation sites (N-methyl/N-ethyl adjacent to an activating group) is 1. The first kappa shape index (κ1) is 19.8. The van der Waals surface area contributed by atoms with Gasteiger partial charge in [0.2, 0.25) is 10.0 Å². The molecule has 0 radical (unpaired) electrons. The first-order chi connectivity index (χ1) is 11.2. The van der Waals surface area contributed by atoms with E-state index in [-0.39, 0.29) is 0 Å². The van der Waals surface area contributed by atoms with Crippen molar-refractivity contribution in [1.29, 1.82) is 0 Å². The van der Waals surface area contributed by atoms with Gasteiger partial charge >= 0.3 is 0 Å². The third kappa shape index (κ3) is 4.79. The van der Waals surface area contributed by atoms with Gasteiger partial charge in [-0.05, 0) is 73.4 Å². The predicted octanol–water partition coefficient (Wildman–Crippen LogP) is 2.40. The molecule has 1 fully saturated rings. The van der Waals surface area contributed by atoms with Gasteiger partial charge in [0, 0.05) is 28.9 Å². The maximum atomic E-state index is 13.0. The van der Waals surface area contributed by atoms with Gasteiger partial charge < -0.3 is 9.80 Å². The molecule has 7 heteroatoms. The number of nitrogens with zero attached hydrogens (tertiary/aromatic N) is 3. The molecule has 0 amide bonds. The largest absolute Gasteiger partial charge is 0.309 e. The third-order valence-corrected chi connectivity index (χ3v) is 7.80. The molecule has 1 aromatic rings. The fraction of sp³-hybridized carbons (Fsp3) is 0.765. The highest BCUT2D eigenvalue weighted by Crippen LogP contribution is 2.29. The monoisotopic (exact) mass is 373 g/mol. The van der Waals surface area contributed by atoms with Crippen molar-refractivity contribution in [2.45, 2.75) is 44.0 Å². The molecule has 1 aromatic heterocycles. The molecular weight excluding hydrogens is 342 g/mol. The molecule has 0 aliphatic carbocycles. The first-order valence-corrected chi connectivity index (χ1v) is 10.9. The van der Waals surface area contributed by atoms with E-state index in [0.717, 1.165) is 42.1 Å². The Labute approximate surface area is 151 Å². The zero-order valence-corrected chi connectivity index (χ0v) is 17.2. The van der Waals surface area contributed by atoms with Crippen LogP contribution < -0.4 is 0 Å². The summed E-state index contributed by atoms with van der Waals surface area (Å²) in [7, 11) is 2.92. The first-order valence-electron chi connectivity index (χ1n) is 8.64. The Balaban J connectivity index is 2.03. The molecule has 0 N–H and O–H groups in total. The minimum Gasteiger partial charge on any atom is -0.309 e. The average molecular weight is 374 g/mol. The topological polar surface area (TPSA) is 43.9 Å². The van der Waals surface area contributed by atoms with Crippen molar-refractivity contribution in [2.75, 3.05) is 47.3 Å². The molecule has 1 saturated heterocycles. The SMILES string of the molecule is Cc1cc(S(=O)(=O)N2CCCC(N(C)CCCN(C)C)C2)c(C)s1. The molecule has 0 aromatic carbocycles. The van der Waals surface area contributed by atoms with Gasteiger partial charge in [-0.3, -0.25) is 0 Å². The van der Waals surface area contributed by atoms with E-state index in [9.17, 15) is 8.42 Å². The molecule has 24 heavy (non-hydrogen) atoms. The Morgan fingerprint density at radius 1 is 1.25 bits per heavy atom. The van der Waals surface area contributed by atoms with Crippen molar-refractivity contribution in [3.05, 3.63) is 15.8 Å². The van der Waals surface area contributed by atoms with Gasteiger partial charge in [-0.1, -0.05) is 0 Å². The van der Waals surface area contributed by atoms with E-state index in [2.05, 4.69) is 30.9 Å². The Bertz CT molecular complexity index is 640. The number of thiophene rings is 1. The lowest BCUT2D eigenvalue weighted by Gasteiger charge is -2.37. The van der Waals surface area contributed by atoms with Crippen molar-refractivity contribution in [2.24, 2.45) is 0 Å². The van der Waals surface area contributed by atoms with Gasteiger partial charge in [0.15, 0.2) is 0 Å². The standard InChI is InChI=1S/C17H31N3O2S2/c1-14-12-17(15(2)23-14)24(21,22)20-11-6-8-16(13-20)19(5)10-7-9-18(3)4/h12,16H,6-11,13H2,1-5H3. The van der Waals surface area contributed by atoms with Gasteiger partial charge in [0.1, 0.15) is 0 Å². The number of sulfonamides is 1. The minimum atomic E-state index is -3.36. The van der Waals surface area contributed by atoms with Gasteiger partial charge in [-0.25, -0.2) is 8.42 Å². The summed E-state index contributed by atoms with van der Waals surface area (Å²) in [6.45, 7) is 7.18. The van der Waals surface area contributed by atoms with Crippen LogP contribution in [0.2, 0.25) is 0 Å². The third-order valence-electron chi connectivity index (χ3n) is 4.71. The Morgan fingerprint density at radius 3 is 2.54 bits per heavy atom. The number of aryl methyl sites for hydroxylation is 2. The summed E-state index contributed by atoms with van der Waals surface area (Å²) < 4.78 is 27.7. The average Bonchev–Trinajstić information content (AvgIpc) is 2.86. The molecule has 1 unspecified atom stereocenters. The molecule has 2 heterocycles. The number of hydrogen-bond donors (Lipinski definition) is 0. The number of rotatable bonds is 7. The quantitative estimate of drug-likeness (QED) is 0.736. The summed E-state index contributed by atoms with van der Waals surface area (Å²) in [4.78, 5) is 6.97. The second-order valence-corrected chi connectivity index (χ2v) is 10.4. The Hall–Kier alpha value is -0.470. The molecule has 1 aliphatic rings. The normalized spacial score (nSPS) is 20.2. The lowest BCUT2D eigenvalue weighted by molar-refractivity contribution is 0.158. The fourth-order valence-electron chi connectivity index (χ4n) is 3.32. The maximum absolute atomic E-state index is 13.0. The summed E-state index contributed by atoms with van der Waals surface area (Å²) >= 11 is 1.56. The second-order valence-electron chi connectivity index (χ2n) is 7.07. The van der Waals surface area contributed by atoms with Crippen LogP contribution in [0, 0.1) is 13.8 Å². The predicted molar refractivity (Wildman–Crippen MR) is 101 cm³/mol. The van der Waals surface area contributed by atoms with E-state index in [4.69, 9.17) is 0 Å². The fourth-order valence-corrected chi connectivity index (χ4v) is 6.36. The summed E-state index contributed by atoms with van der Waals surface area (Å²) in [6.07, 6.45) is 3.12. The van der Waals surface area contributed by atoms with E-state index in [1.807, 2.05) is 19.9 Å². The van der Waals surface area contributed by atoms with Gasteiger partial charge in [-0.2, -0.15) is 4.31 Å². The van der Waals surface area contributed by atoms with E-state index < -0.39 is 10.0 Å². The van der Waals surface area contributed by atoms with Crippen molar-refractivity contribution >= 4 is 21.4 Å². The second kappa shape index (κ2) is 8.27. The van der Waals surface area contributed by atoms with Crippen LogP contribution in [0.5, 0.6) is 0 Å². The smallest absolute Gasteiger partial charge is 0.244 e. The van der Waals surface area contributed by atoms with Crippen LogP contribution in [0.3, 0.4) is 0 Å². The summed E-state index contributed by atoms with van der Waals surface area (Å²) in [6, 6.07) is 2.13. The lowest BCUT2D eigenvalue weighted by atomic mass is 10.1. The van der Waals surface area contributed by atoms with Crippen LogP contribution in [0.4, 0.5) is 0 Å². The van der Waals surface area contributed by atoms with Gasteiger partial charge in [0.25, 0.3) is 0 Å². The Morgan fingerprint density at radius 2 is 1.96 bits per heavy atom. The Kier molecular flexibility index (Phi) is 6.84. The molecule has 2 rings (SSSR count). The summed E-state index contributed by atoms with van der Waals surface area (Å²) in [5.74, 6) is 0. The highest BCUT2D eigenvalue weighted by atomic mass is 32.2. The molecular formula is C17H31N3O2S2. The molecule has 1 aliphatic heterocycles. The van der Waals surface area contributed by atoms with Crippen LogP contribution in [-0.2, 0) is 10.0 Å². The van der Waals surface area contributed by atoms with Crippen LogP contribution in [-0.4, -0.2) is 75.9 Å². The molecule has 0 saturated carbocycles. The van der Waals surface area contributed by atoms with Crippen molar-refractivity contribution in [3.63, 3.8) is 0 Å². The maximum Gasteiger partial charge on any atom is 0.244 e. The van der Waals surface area contributed by atoms with Crippen LogP contribution in [0.1, 0.15) is 29.0 Å². The number of piperidine rings is 1. The van der Waals surface area contributed by atoms with Crippen molar-refractivity contribution in [1.82, 2.24) is 14.1 Å². The van der Waals surface area contributed by atoms with Crippen molar-refractivity contribution < 1.29 is 8.42 Å². The molecule has 0 bridgehead atoms. The van der Waals surface area contributed by atoms with E-state index in [1.54, 1.807) is 15.6 Å². The zero-order valence-electron chi connectivity index (χ0n) is 15.6. The number of hydrogen-bond acceptors (Lipinski definition) is 5. The highest BCUT2D eigenvalue weighted by molar-refractivity contribution is 7.89. The van der Waals surface area contributed by atoms with Crippen LogP contribution in [0.25, 0.3) is 0 Å². The van der Waals surface area contributed by atoms with Crippen LogP contribution in [0.15, 0.2) is 11.0 Å².